The van der Waals surface area contributed by atoms with E-state index < -0.39 is 23.5 Å². The van der Waals surface area contributed by atoms with E-state index in [1.165, 1.54) is 12.1 Å². The predicted molar refractivity (Wildman–Crippen MR) is 91.5 cm³/mol. The van der Waals surface area contributed by atoms with Crippen LogP contribution in [-0.4, -0.2) is 17.9 Å². The number of carbonyl (C=O) groups excluding carboxylic acids is 2. The SMILES string of the molecule is CCCCCc1ccccc1C(=O)Oc1ccc(C(=O)C(F)(F)F)cc1. The molecule has 6 heteroatoms. The fourth-order valence-electron chi connectivity index (χ4n) is 2.50. The molecule has 0 spiro atoms. The van der Waals surface area contributed by atoms with Crippen molar-refractivity contribution >= 4 is 11.8 Å². The van der Waals surface area contributed by atoms with Crippen LogP contribution in [0.2, 0.25) is 0 Å². The molecule has 0 saturated heterocycles. The molecule has 0 unspecified atom stereocenters. The van der Waals surface area contributed by atoms with E-state index in [4.69, 9.17) is 4.74 Å². The fourth-order valence-corrected chi connectivity index (χ4v) is 2.50. The lowest BCUT2D eigenvalue weighted by atomic mass is 10.0. The van der Waals surface area contributed by atoms with E-state index >= 15 is 0 Å². The molecule has 0 N–H and O–H groups in total. The minimum absolute atomic E-state index is 0.0806. The molecule has 0 atom stereocenters. The summed E-state index contributed by atoms with van der Waals surface area (Å²) in [4.78, 5) is 23.5. The highest BCUT2D eigenvalue weighted by Gasteiger charge is 2.39. The number of hydrogen-bond donors (Lipinski definition) is 0. The summed E-state index contributed by atoms with van der Waals surface area (Å²) in [6.45, 7) is 2.09. The third-order valence-electron chi connectivity index (χ3n) is 3.87. The summed E-state index contributed by atoms with van der Waals surface area (Å²) in [5.74, 6) is -2.43. The number of hydrogen-bond acceptors (Lipinski definition) is 3. The Kier molecular flexibility index (Phi) is 6.55. The number of halogens is 3. The zero-order chi connectivity index (χ0) is 19.2. The van der Waals surface area contributed by atoms with Gasteiger partial charge in [-0.05, 0) is 48.7 Å². The Morgan fingerprint density at radius 2 is 1.62 bits per heavy atom. The van der Waals surface area contributed by atoms with Crippen LogP contribution in [0.15, 0.2) is 48.5 Å². The zero-order valence-electron chi connectivity index (χ0n) is 14.3. The van der Waals surface area contributed by atoms with Gasteiger partial charge < -0.3 is 4.74 Å². The number of benzene rings is 2. The molecule has 2 aromatic carbocycles. The number of ketones is 1. The number of Topliss-reactive ketones (excluding diaryl/α,β-unsaturated/α-hetero) is 1. The second-order valence-corrected chi connectivity index (χ2v) is 5.86. The first kappa shape index (κ1) is 19.7. The number of alkyl halides is 3. The molecule has 26 heavy (non-hydrogen) atoms. The van der Waals surface area contributed by atoms with Gasteiger partial charge in [-0.25, -0.2) is 4.79 Å². The summed E-state index contributed by atoms with van der Waals surface area (Å²) in [6.07, 6.45) is -1.11. The first-order valence-corrected chi connectivity index (χ1v) is 8.34. The highest BCUT2D eigenvalue weighted by atomic mass is 19.4. The average Bonchev–Trinajstić information content (AvgIpc) is 2.61. The summed E-state index contributed by atoms with van der Waals surface area (Å²) in [7, 11) is 0. The highest BCUT2D eigenvalue weighted by molar-refractivity contribution is 6.00. The molecule has 0 saturated carbocycles. The van der Waals surface area contributed by atoms with Crippen molar-refractivity contribution in [3.63, 3.8) is 0 Å². The monoisotopic (exact) mass is 364 g/mol. The molecular weight excluding hydrogens is 345 g/mol. The molecule has 0 aliphatic carbocycles. The van der Waals surface area contributed by atoms with Gasteiger partial charge in [0.15, 0.2) is 0 Å². The minimum Gasteiger partial charge on any atom is -0.423 e. The summed E-state index contributed by atoms with van der Waals surface area (Å²) < 4.78 is 42.4. The molecule has 0 amide bonds. The van der Waals surface area contributed by atoms with Gasteiger partial charge in [0.2, 0.25) is 0 Å². The van der Waals surface area contributed by atoms with Gasteiger partial charge in [0, 0.05) is 5.56 Å². The molecule has 0 bridgehead atoms. The number of ether oxygens (including phenoxy) is 1. The Bertz CT molecular complexity index is 765. The Hall–Kier alpha value is -2.63. The van der Waals surface area contributed by atoms with E-state index in [2.05, 4.69) is 6.92 Å². The maximum atomic E-state index is 12.4. The summed E-state index contributed by atoms with van der Waals surface area (Å²) in [5, 5.41) is 0. The first-order valence-electron chi connectivity index (χ1n) is 8.34. The lowest BCUT2D eigenvalue weighted by molar-refractivity contribution is -0.0885. The van der Waals surface area contributed by atoms with Crippen LogP contribution in [0.25, 0.3) is 0 Å². The minimum atomic E-state index is -4.93. The second kappa shape index (κ2) is 8.65. The van der Waals surface area contributed by atoms with Crippen molar-refractivity contribution in [1.82, 2.24) is 0 Å². The van der Waals surface area contributed by atoms with E-state index in [1.807, 2.05) is 12.1 Å². The second-order valence-electron chi connectivity index (χ2n) is 5.86. The van der Waals surface area contributed by atoms with Crippen LogP contribution < -0.4 is 4.74 Å². The molecule has 0 heterocycles. The van der Waals surface area contributed by atoms with Crippen LogP contribution in [-0.2, 0) is 6.42 Å². The number of carbonyl (C=O) groups is 2. The topological polar surface area (TPSA) is 43.4 Å². The third kappa shape index (κ3) is 5.18. The first-order chi connectivity index (χ1) is 12.3. The van der Waals surface area contributed by atoms with Gasteiger partial charge in [0.05, 0.1) is 5.56 Å². The third-order valence-corrected chi connectivity index (χ3v) is 3.87. The lowest BCUT2D eigenvalue weighted by Crippen LogP contribution is -2.22. The molecule has 0 radical (unpaired) electrons. The zero-order valence-corrected chi connectivity index (χ0v) is 14.3. The Labute approximate surface area is 149 Å². The average molecular weight is 364 g/mol. The van der Waals surface area contributed by atoms with Gasteiger partial charge in [0.25, 0.3) is 5.78 Å². The largest absolute Gasteiger partial charge is 0.454 e. The highest BCUT2D eigenvalue weighted by Crippen LogP contribution is 2.23. The lowest BCUT2D eigenvalue weighted by Gasteiger charge is -2.10. The van der Waals surface area contributed by atoms with Gasteiger partial charge >= 0.3 is 12.1 Å². The van der Waals surface area contributed by atoms with Gasteiger partial charge in [-0.1, -0.05) is 38.0 Å². The van der Waals surface area contributed by atoms with Gasteiger partial charge in [-0.2, -0.15) is 13.2 Å². The number of unbranched alkanes of at least 4 members (excludes halogenated alkanes) is 2. The van der Waals surface area contributed by atoms with Crippen LogP contribution in [0.5, 0.6) is 5.75 Å². The molecule has 0 aliphatic rings. The van der Waals surface area contributed by atoms with E-state index in [0.29, 0.717) is 5.56 Å². The summed E-state index contributed by atoms with van der Waals surface area (Å²) in [6, 6.07) is 11.4. The summed E-state index contributed by atoms with van der Waals surface area (Å²) >= 11 is 0. The molecule has 2 aromatic rings. The van der Waals surface area contributed by atoms with Crippen molar-refractivity contribution in [1.29, 1.82) is 0 Å². The molecular formula is C20H19F3O3. The number of rotatable bonds is 7. The quantitative estimate of drug-likeness (QED) is 0.287. The maximum Gasteiger partial charge on any atom is 0.454 e. The molecule has 0 aliphatic heterocycles. The summed E-state index contributed by atoms with van der Waals surface area (Å²) in [5.41, 5.74) is 0.797. The Morgan fingerprint density at radius 1 is 0.962 bits per heavy atom. The van der Waals surface area contributed by atoms with Crippen molar-refractivity contribution in [3.8, 4) is 5.75 Å². The Morgan fingerprint density at radius 3 is 2.23 bits per heavy atom. The van der Waals surface area contributed by atoms with Crippen LogP contribution >= 0.6 is 0 Å². The van der Waals surface area contributed by atoms with E-state index in [0.717, 1.165) is 43.4 Å². The van der Waals surface area contributed by atoms with E-state index in [-0.39, 0.29) is 5.75 Å². The van der Waals surface area contributed by atoms with Crippen molar-refractivity contribution < 1.29 is 27.5 Å². The van der Waals surface area contributed by atoms with Crippen LogP contribution in [0, 0.1) is 0 Å². The molecule has 2 rings (SSSR count). The van der Waals surface area contributed by atoms with Crippen molar-refractivity contribution in [2.24, 2.45) is 0 Å². The molecule has 3 nitrogen and oxygen atoms in total. The van der Waals surface area contributed by atoms with Gasteiger partial charge in [-0.15, -0.1) is 0 Å². The van der Waals surface area contributed by atoms with Gasteiger partial charge in [-0.3, -0.25) is 4.79 Å². The maximum absolute atomic E-state index is 12.4. The van der Waals surface area contributed by atoms with Crippen LogP contribution in [0.1, 0.15) is 52.5 Å². The fraction of sp³-hybridized carbons (Fsp3) is 0.300. The predicted octanol–water partition coefficient (Wildman–Crippen LogP) is 5.38. The van der Waals surface area contributed by atoms with Crippen molar-refractivity contribution in [2.45, 2.75) is 38.8 Å². The number of esters is 1. The van der Waals surface area contributed by atoms with Crippen molar-refractivity contribution in [2.75, 3.05) is 0 Å². The van der Waals surface area contributed by atoms with Gasteiger partial charge in [0.1, 0.15) is 5.75 Å². The van der Waals surface area contributed by atoms with Crippen LogP contribution in [0.3, 0.4) is 0 Å². The van der Waals surface area contributed by atoms with E-state index in [9.17, 15) is 22.8 Å². The molecule has 0 aromatic heterocycles. The molecule has 0 fully saturated rings. The van der Waals surface area contributed by atoms with Crippen LogP contribution in [0.4, 0.5) is 13.2 Å². The smallest absolute Gasteiger partial charge is 0.423 e. The standard InChI is InChI=1S/C20H19F3O3/c1-2-3-4-7-14-8-5-6-9-17(14)19(25)26-16-12-10-15(11-13-16)18(24)20(21,22)23/h5-6,8-13H,2-4,7H2,1H3. The molecule has 138 valence electrons. The van der Waals surface area contributed by atoms with E-state index in [1.54, 1.807) is 12.1 Å². The normalized spacial score (nSPS) is 11.2. The number of aryl methyl sites for hydroxylation is 1. The Balaban J connectivity index is 2.10. The van der Waals surface area contributed by atoms with Crippen molar-refractivity contribution in [3.05, 3.63) is 65.2 Å².